The number of nitrogens with one attached hydrogen (secondary N) is 1. The molecule has 0 saturated carbocycles. The van der Waals surface area contributed by atoms with Gasteiger partial charge in [0.2, 0.25) is 0 Å². The molecule has 0 aliphatic carbocycles. The van der Waals surface area contributed by atoms with Gasteiger partial charge in [-0.1, -0.05) is 0 Å². The summed E-state index contributed by atoms with van der Waals surface area (Å²) in [7, 11) is 0. The van der Waals surface area contributed by atoms with E-state index in [0.29, 0.717) is 16.1 Å². The van der Waals surface area contributed by atoms with Crippen LogP contribution in [-0.2, 0) is 0 Å². The molecule has 5 heteroatoms. The molecule has 0 heterocycles. The summed E-state index contributed by atoms with van der Waals surface area (Å²) in [5.41, 5.74) is 6.33. The monoisotopic (exact) mass is 273 g/mol. The predicted octanol–water partition coefficient (Wildman–Crippen LogP) is 2.72. The third kappa shape index (κ3) is 3.87. The molecule has 1 rings (SSSR count). The summed E-state index contributed by atoms with van der Waals surface area (Å²) in [5, 5.41) is 2.88. The van der Waals surface area contributed by atoms with Crippen molar-refractivity contribution in [2.45, 2.75) is 19.9 Å². The minimum Gasteiger partial charge on any atom is -0.370 e. The number of guanidine groups is 1. The predicted molar refractivity (Wildman–Crippen MR) is 64.5 cm³/mol. The van der Waals surface area contributed by atoms with Gasteiger partial charge in [-0.3, -0.25) is 4.99 Å². The van der Waals surface area contributed by atoms with Gasteiger partial charge in [-0.05, 0) is 48.0 Å². The van der Waals surface area contributed by atoms with Crippen molar-refractivity contribution in [2.24, 2.45) is 10.7 Å². The Hall–Kier alpha value is -1.10. The molecule has 0 aliphatic rings. The number of hydrogen-bond donors (Lipinski definition) is 2. The van der Waals surface area contributed by atoms with Gasteiger partial charge in [-0.2, -0.15) is 0 Å². The zero-order valence-electron chi connectivity index (χ0n) is 8.59. The van der Waals surface area contributed by atoms with Gasteiger partial charge < -0.3 is 11.1 Å². The van der Waals surface area contributed by atoms with E-state index in [4.69, 9.17) is 5.73 Å². The Labute approximate surface area is 96.7 Å². The molecular weight excluding hydrogens is 261 g/mol. The number of nitrogens with two attached hydrogens (primary N) is 1. The summed E-state index contributed by atoms with van der Waals surface area (Å²) < 4.78 is 13.4. The number of halogens is 2. The Kier molecular flexibility index (Phi) is 4.08. The van der Waals surface area contributed by atoms with Crippen LogP contribution in [0.5, 0.6) is 0 Å². The Morgan fingerprint density at radius 1 is 1.53 bits per heavy atom. The second kappa shape index (κ2) is 5.11. The Morgan fingerprint density at radius 2 is 2.20 bits per heavy atom. The van der Waals surface area contributed by atoms with Gasteiger partial charge in [-0.25, -0.2) is 4.39 Å². The zero-order valence-corrected chi connectivity index (χ0v) is 10.2. The molecule has 0 amide bonds. The average Bonchev–Trinajstić information content (AvgIpc) is 2.08. The van der Waals surface area contributed by atoms with Gasteiger partial charge >= 0.3 is 0 Å². The van der Waals surface area contributed by atoms with Crippen LogP contribution in [0.3, 0.4) is 0 Å². The van der Waals surface area contributed by atoms with E-state index in [-0.39, 0.29) is 11.9 Å². The highest BCUT2D eigenvalue weighted by molar-refractivity contribution is 9.10. The van der Waals surface area contributed by atoms with Crippen molar-refractivity contribution in [2.75, 3.05) is 5.32 Å². The first-order valence-corrected chi connectivity index (χ1v) is 5.33. The zero-order chi connectivity index (χ0) is 11.4. The molecule has 0 spiro atoms. The molecule has 0 aromatic heterocycles. The van der Waals surface area contributed by atoms with Gasteiger partial charge in [0.05, 0.1) is 5.69 Å². The molecule has 0 atom stereocenters. The van der Waals surface area contributed by atoms with Crippen LogP contribution in [0.25, 0.3) is 0 Å². The van der Waals surface area contributed by atoms with E-state index in [2.05, 4.69) is 26.2 Å². The molecular formula is C10H13BrFN3. The highest BCUT2D eigenvalue weighted by Crippen LogP contribution is 2.22. The van der Waals surface area contributed by atoms with E-state index in [1.807, 2.05) is 13.8 Å². The smallest absolute Gasteiger partial charge is 0.193 e. The van der Waals surface area contributed by atoms with Crippen LogP contribution in [-0.4, -0.2) is 12.0 Å². The lowest BCUT2D eigenvalue weighted by molar-refractivity contribution is 0.627. The van der Waals surface area contributed by atoms with Crippen molar-refractivity contribution in [1.29, 1.82) is 0 Å². The van der Waals surface area contributed by atoms with Crippen molar-refractivity contribution in [1.82, 2.24) is 0 Å². The second-order valence-electron chi connectivity index (χ2n) is 3.36. The first kappa shape index (κ1) is 12.0. The summed E-state index contributed by atoms with van der Waals surface area (Å²) in [6, 6.07) is 4.44. The van der Waals surface area contributed by atoms with Gasteiger partial charge in [0.15, 0.2) is 5.96 Å². The van der Waals surface area contributed by atoms with Gasteiger partial charge in [-0.15, -0.1) is 0 Å². The SMILES string of the molecule is CC(C)N=C(N)Nc1ccc(F)cc1Br. The van der Waals surface area contributed by atoms with Crippen molar-refractivity contribution in [3.05, 3.63) is 28.5 Å². The summed E-state index contributed by atoms with van der Waals surface area (Å²) in [4.78, 5) is 4.10. The summed E-state index contributed by atoms with van der Waals surface area (Å²) >= 11 is 3.23. The molecule has 0 fully saturated rings. The lowest BCUT2D eigenvalue weighted by Crippen LogP contribution is -2.24. The second-order valence-corrected chi connectivity index (χ2v) is 4.21. The summed E-state index contributed by atoms with van der Waals surface area (Å²) in [6.45, 7) is 3.85. The van der Waals surface area contributed by atoms with Crippen molar-refractivity contribution in [3.63, 3.8) is 0 Å². The molecule has 3 N–H and O–H groups in total. The number of hydrogen-bond acceptors (Lipinski definition) is 1. The minimum atomic E-state index is -0.299. The van der Waals surface area contributed by atoms with E-state index in [1.54, 1.807) is 6.07 Å². The molecule has 0 saturated heterocycles. The maximum Gasteiger partial charge on any atom is 0.193 e. The number of aliphatic imine (C=N–C) groups is 1. The lowest BCUT2D eigenvalue weighted by atomic mass is 10.3. The van der Waals surface area contributed by atoms with Crippen LogP contribution in [0.4, 0.5) is 10.1 Å². The molecule has 0 radical (unpaired) electrons. The quantitative estimate of drug-likeness (QED) is 0.643. The van der Waals surface area contributed by atoms with E-state index in [0.717, 1.165) is 0 Å². The largest absolute Gasteiger partial charge is 0.370 e. The summed E-state index contributed by atoms with van der Waals surface area (Å²) in [5.74, 6) is 0.0177. The fourth-order valence-corrected chi connectivity index (χ4v) is 1.49. The lowest BCUT2D eigenvalue weighted by Gasteiger charge is -2.08. The molecule has 1 aromatic rings. The number of anilines is 1. The van der Waals surface area contributed by atoms with Crippen molar-refractivity contribution >= 4 is 27.6 Å². The van der Waals surface area contributed by atoms with Crippen LogP contribution >= 0.6 is 15.9 Å². The molecule has 3 nitrogen and oxygen atoms in total. The molecule has 0 bridgehead atoms. The minimum absolute atomic E-state index is 0.122. The standard InChI is InChI=1S/C10H13BrFN3/c1-6(2)14-10(13)15-9-4-3-7(12)5-8(9)11/h3-6H,1-2H3,(H3,13,14,15). The van der Waals surface area contributed by atoms with Gasteiger partial charge in [0.1, 0.15) is 5.82 Å². The van der Waals surface area contributed by atoms with Crippen molar-refractivity contribution < 1.29 is 4.39 Å². The van der Waals surface area contributed by atoms with E-state index < -0.39 is 0 Å². The average molecular weight is 274 g/mol. The molecule has 1 aromatic carbocycles. The summed E-state index contributed by atoms with van der Waals surface area (Å²) in [6.07, 6.45) is 0. The van der Waals surface area contributed by atoms with Crippen LogP contribution in [0.2, 0.25) is 0 Å². The first-order chi connectivity index (χ1) is 6.99. The van der Waals surface area contributed by atoms with E-state index >= 15 is 0 Å². The number of benzene rings is 1. The van der Waals surface area contributed by atoms with Crippen molar-refractivity contribution in [3.8, 4) is 0 Å². The Bertz CT molecular complexity index is 377. The molecule has 0 aliphatic heterocycles. The van der Waals surface area contributed by atoms with Gasteiger partial charge in [0.25, 0.3) is 0 Å². The molecule has 0 unspecified atom stereocenters. The van der Waals surface area contributed by atoms with Crippen LogP contribution in [0.1, 0.15) is 13.8 Å². The normalized spacial score (nSPS) is 11.9. The molecule has 82 valence electrons. The van der Waals surface area contributed by atoms with Crippen LogP contribution < -0.4 is 11.1 Å². The third-order valence-corrected chi connectivity index (χ3v) is 2.25. The Morgan fingerprint density at radius 3 is 2.73 bits per heavy atom. The van der Waals surface area contributed by atoms with Gasteiger partial charge in [0, 0.05) is 10.5 Å². The third-order valence-electron chi connectivity index (χ3n) is 1.59. The topological polar surface area (TPSA) is 50.4 Å². The highest BCUT2D eigenvalue weighted by atomic mass is 79.9. The maximum atomic E-state index is 12.8. The number of nitrogens with zero attached hydrogens (tertiary/aromatic N) is 1. The highest BCUT2D eigenvalue weighted by Gasteiger charge is 2.02. The van der Waals surface area contributed by atoms with E-state index in [1.165, 1.54) is 12.1 Å². The maximum absolute atomic E-state index is 12.8. The Balaban J connectivity index is 2.81. The number of rotatable bonds is 2. The fourth-order valence-electron chi connectivity index (χ4n) is 1.04. The fraction of sp³-hybridized carbons (Fsp3) is 0.300. The first-order valence-electron chi connectivity index (χ1n) is 4.54. The van der Waals surface area contributed by atoms with E-state index in [9.17, 15) is 4.39 Å². The molecule has 15 heavy (non-hydrogen) atoms. The van der Waals surface area contributed by atoms with Crippen LogP contribution in [0.15, 0.2) is 27.7 Å². The van der Waals surface area contributed by atoms with Crippen LogP contribution in [0, 0.1) is 5.82 Å².